The third kappa shape index (κ3) is 5.81. The summed E-state index contributed by atoms with van der Waals surface area (Å²) in [5.41, 5.74) is 5.82. The first-order chi connectivity index (χ1) is 17.1. The number of rotatable bonds is 3. The second kappa shape index (κ2) is 13.5. The van der Waals surface area contributed by atoms with Crippen molar-refractivity contribution < 1.29 is 44.7 Å². The van der Waals surface area contributed by atoms with E-state index in [1.807, 2.05) is 0 Å². The summed E-state index contributed by atoms with van der Waals surface area (Å²) in [6.07, 6.45) is 1.14. The topological polar surface area (TPSA) is 211 Å². The molecule has 1 fully saturated rings. The van der Waals surface area contributed by atoms with Crippen LogP contribution in [0.15, 0.2) is 40.9 Å². The number of methoxy groups -OCH3 is 1. The molecule has 3 unspecified atom stereocenters. The van der Waals surface area contributed by atoms with Gasteiger partial charge in [-0.2, -0.15) is 0 Å². The molecule has 1 saturated carbocycles. The van der Waals surface area contributed by atoms with Crippen LogP contribution >= 0.6 is 0 Å². The van der Waals surface area contributed by atoms with Crippen molar-refractivity contribution in [3.05, 3.63) is 52.0 Å². The van der Waals surface area contributed by atoms with E-state index in [0.29, 0.717) is 24.0 Å². The summed E-state index contributed by atoms with van der Waals surface area (Å²) in [5.74, 6) is -3.94. The number of hydrogen-bond donors (Lipinski definition) is 7. The maximum Gasteiger partial charge on any atom is 0.214 e. The highest BCUT2D eigenvalue weighted by molar-refractivity contribution is 6.19. The number of carbonyl (C=O) groups is 3. The van der Waals surface area contributed by atoms with Crippen molar-refractivity contribution in [2.24, 2.45) is 23.5 Å². The first kappa shape index (κ1) is 30.5. The van der Waals surface area contributed by atoms with Crippen LogP contribution in [0.5, 0.6) is 5.75 Å². The smallest absolute Gasteiger partial charge is 0.214 e. The van der Waals surface area contributed by atoms with E-state index in [9.17, 15) is 29.7 Å². The molecule has 0 heterocycles. The summed E-state index contributed by atoms with van der Waals surface area (Å²) in [5, 5.41) is 53.0. The highest BCUT2D eigenvalue weighted by Gasteiger charge is 2.51. The van der Waals surface area contributed by atoms with E-state index in [-0.39, 0.29) is 59.0 Å². The van der Waals surface area contributed by atoms with Crippen molar-refractivity contribution in [2.75, 3.05) is 27.9 Å². The number of primary amides is 1. The molecule has 0 radical (unpaired) electrons. The molecule has 0 saturated heterocycles. The fourth-order valence-corrected chi connectivity index (χ4v) is 4.64. The van der Waals surface area contributed by atoms with Gasteiger partial charge >= 0.3 is 0 Å². The van der Waals surface area contributed by atoms with Crippen LogP contribution in [0.25, 0.3) is 0 Å². The van der Waals surface area contributed by atoms with Gasteiger partial charge in [-0.1, -0.05) is 12.1 Å². The molecule has 0 spiro atoms. The summed E-state index contributed by atoms with van der Waals surface area (Å²) >= 11 is 0. The molecule has 3 aliphatic rings. The molecule has 1 amide bonds. The summed E-state index contributed by atoms with van der Waals surface area (Å²) in [4.78, 5) is 35.6. The molecule has 198 valence electrons. The Morgan fingerprint density at radius 1 is 1.06 bits per heavy atom. The lowest BCUT2D eigenvalue weighted by atomic mass is 9.64. The van der Waals surface area contributed by atoms with E-state index in [2.05, 4.69) is 5.73 Å². The Labute approximate surface area is 209 Å². The predicted octanol–water partition coefficient (Wildman–Crippen LogP) is 1.47. The van der Waals surface area contributed by atoms with Gasteiger partial charge in [0.15, 0.2) is 11.6 Å². The average Bonchev–Trinajstić information content (AvgIpc) is 2.90. The molecule has 3 atom stereocenters. The van der Waals surface area contributed by atoms with Gasteiger partial charge in [-0.15, -0.1) is 0 Å². The van der Waals surface area contributed by atoms with Gasteiger partial charge in [0.25, 0.3) is 0 Å². The fourth-order valence-electron chi connectivity index (χ4n) is 4.64. The van der Waals surface area contributed by atoms with E-state index in [1.165, 1.54) is 20.1 Å². The van der Waals surface area contributed by atoms with Gasteiger partial charge in [0.1, 0.15) is 17.3 Å². The number of amides is 1. The van der Waals surface area contributed by atoms with Gasteiger partial charge in [0, 0.05) is 38.3 Å². The summed E-state index contributed by atoms with van der Waals surface area (Å²) in [6.45, 7) is 0.931. The molecule has 4 rings (SSSR count). The molecule has 11 nitrogen and oxygen atoms in total. The van der Waals surface area contributed by atoms with Crippen LogP contribution in [-0.4, -0.2) is 76.7 Å². The maximum atomic E-state index is 13.2. The number of aliphatic hydroxyl groups excluding tert-OH is 5. The first-order valence-electron chi connectivity index (χ1n) is 11.1. The SMILES string of the molecule is CC(N)=O.CO.CO.COc1cccc2c1C(=O)C1C(O)=C3CCC(C(=N)CO)CC3=C(O)C1C2=O. The predicted molar refractivity (Wildman–Crippen MR) is 131 cm³/mol. The normalized spacial score (nSPS) is 21.7. The third-order valence-corrected chi connectivity index (χ3v) is 6.08. The lowest BCUT2D eigenvalue weighted by Crippen LogP contribution is -2.42. The minimum absolute atomic E-state index is 0.135. The Bertz CT molecular complexity index is 1070. The van der Waals surface area contributed by atoms with Crippen molar-refractivity contribution in [3.8, 4) is 5.75 Å². The van der Waals surface area contributed by atoms with E-state index in [0.717, 1.165) is 14.2 Å². The lowest BCUT2D eigenvalue weighted by molar-refractivity contribution is -0.115. The van der Waals surface area contributed by atoms with Gasteiger partial charge in [0.05, 0.1) is 31.1 Å². The molecule has 0 aliphatic heterocycles. The Morgan fingerprint density at radius 2 is 1.58 bits per heavy atom. The molecule has 0 aromatic heterocycles. The number of carbonyl (C=O) groups excluding carboxylic acids is 3. The van der Waals surface area contributed by atoms with Crippen molar-refractivity contribution >= 4 is 23.2 Å². The van der Waals surface area contributed by atoms with E-state index >= 15 is 0 Å². The molecule has 0 bridgehead atoms. The molecule has 11 heteroatoms. The van der Waals surface area contributed by atoms with Gasteiger partial charge in [-0.3, -0.25) is 14.4 Å². The minimum Gasteiger partial charge on any atom is -0.511 e. The number of allylic oxidation sites excluding steroid dienone is 4. The zero-order valence-corrected chi connectivity index (χ0v) is 20.7. The zero-order chi connectivity index (χ0) is 27.7. The number of ketones is 2. The quantitative estimate of drug-likeness (QED) is 0.295. The molecular weight excluding hydrogens is 472 g/mol. The Morgan fingerprint density at radius 3 is 2.11 bits per heavy atom. The Balaban J connectivity index is 0.000000725. The number of benzene rings is 1. The molecule has 1 aromatic rings. The number of Topliss-reactive ketones (excluding diaryl/α,β-unsaturated/α-hetero) is 2. The second-order valence-electron chi connectivity index (χ2n) is 8.03. The standard InChI is InChI=1S/C21H21NO6.C2H5NO.2CH4O/c1-28-14-4-2-3-11-15(14)21(27)17-16(19(11)25)20(26)12-7-9(13(22)8-23)5-6-10(12)18(17)24;1-2(3)4;2*1-2/h2-4,9,16-17,22-24,26H,5-8H2,1H3;1H3,(H2,3,4);2*2H,1H3. The average molecular weight is 507 g/mol. The summed E-state index contributed by atoms with van der Waals surface area (Å²) in [6, 6.07) is 4.72. The number of aliphatic hydroxyl groups is 5. The lowest BCUT2D eigenvalue weighted by Gasteiger charge is -2.39. The summed E-state index contributed by atoms with van der Waals surface area (Å²) in [7, 11) is 3.41. The van der Waals surface area contributed by atoms with Crippen molar-refractivity contribution in [1.29, 1.82) is 5.41 Å². The molecule has 36 heavy (non-hydrogen) atoms. The van der Waals surface area contributed by atoms with Crippen LogP contribution in [0.1, 0.15) is 46.9 Å². The number of nitrogens with one attached hydrogen (secondary N) is 1. The second-order valence-corrected chi connectivity index (χ2v) is 8.03. The monoisotopic (exact) mass is 506 g/mol. The number of nitrogens with two attached hydrogens (primary N) is 1. The Hall–Kier alpha value is -3.54. The van der Waals surface area contributed by atoms with Crippen molar-refractivity contribution in [2.45, 2.75) is 26.2 Å². The van der Waals surface area contributed by atoms with Crippen molar-refractivity contribution in [1.82, 2.24) is 0 Å². The summed E-state index contributed by atoms with van der Waals surface area (Å²) < 4.78 is 5.24. The molecule has 8 N–H and O–H groups in total. The maximum absolute atomic E-state index is 13.2. The number of hydrogen-bond acceptors (Lipinski definition) is 10. The van der Waals surface area contributed by atoms with Crippen LogP contribution in [0, 0.1) is 23.2 Å². The highest BCUT2D eigenvalue weighted by atomic mass is 16.5. The largest absolute Gasteiger partial charge is 0.511 e. The van der Waals surface area contributed by atoms with Crippen LogP contribution in [0.2, 0.25) is 0 Å². The number of fused-ring (bicyclic) bond motifs is 3. The van der Waals surface area contributed by atoms with E-state index in [1.54, 1.807) is 12.1 Å². The Kier molecular flexibility index (Phi) is 11.5. The van der Waals surface area contributed by atoms with Gasteiger partial charge in [-0.05, 0) is 36.5 Å². The van der Waals surface area contributed by atoms with Gasteiger partial charge < -0.3 is 41.4 Å². The molecular formula is C25H34N2O9. The van der Waals surface area contributed by atoms with Crippen molar-refractivity contribution in [3.63, 3.8) is 0 Å². The minimum atomic E-state index is -1.17. The van der Waals surface area contributed by atoms with Crippen LogP contribution in [0.3, 0.4) is 0 Å². The van der Waals surface area contributed by atoms with Gasteiger partial charge in [0.2, 0.25) is 5.91 Å². The number of ether oxygens (including phenoxy) is 1. The van der Waals surface area contributed by atoms with Gasteiger partial charge in [-0.25, -0.2) is 0 Å². The van der Waals surface area contributed by atoms with Crippen LogP contribution < -0.4 is 10.5 Å². The highest BCUT2D eigenvalue weighted by Crippen LogP contribution is 2.49. The molecule has 1 aromatic carbocycles. The fraction of sp³-hybridized carbons (Fsp3) is 0.440. The van der Waals surface area contributed by atoms with E-state index < -0.39 is 23.4 Å². The van der Waals surface area contributed by atoms with Crippen LogP contribution in [0.4, 0.5) is 0 Å². The molecule has 3 aliphatic carbocycles. The van der Waals surface area contributed by atoms with Crippen LogP contribution in [-0.2, 0) is 4.79 Å². The zero-order valence-electron chi connectivity index (χ0n) is 20.7. The van der Waals surface area contributed by atoms with E-state index in [4.69, 9.17) is 20.4 Å². The third-order valence-electron chi connectivity index (χ3n) is 6.08. The first-order valence-corrected chi connectivity index (χ1v) is 11.1.